The summed E-state index contributed by atoms with van der Waals surface area (Å²) in [6.45, 7) is 5.32. The molecule has 19 heavy (non-hydrogen) atoms. The Morgan fingerprint density at radius 2 is 1.95 bits per heavy atom. The summed E-state index contributed by atoms with van der Waals surface area (Å²) in [5.74, 6) is 0.872. The molecule has 1 atom stereocenters. The lowest BCUT2D eigenvalue weighted by molar-refractivity contribution is 0.573. The van der Waals surface area contributed by atoms with E-state index >= 15 is 0 Å². The van der Waals surface area contributed by atoms with Crippen molar-refractivity contribution in [3.63, 3.8) is 0 Å². The van der Waals surface area contributed by atoms with Crippen molar-refractivity contribution < 1.29 is 0 Å². The standard InChI is InChI=1S/C15H22N4/c1-3-5-12-6-8-13(9-7-12)14(16-10-4-2)15-17-11-18-19-15/h6-9,11,14,16H,3-5,10H2,1-2H3,(H,17,18,19). The van der Waals surface area contributed by atoms with Gasteiger partial charge in [0.2, 0.25) is 0 Å². The van der Waals surface area contributed by atoms with E-state index < -0.39 is 0 Å². The Morgan fingerprint density at radius 3 is 2.53 bits per heavy atom. The topological polar surface area (TPSA) is 53.6 Å². The molecular weight excluding hydrogens is 236 g/mol. The zero-order valence-corrected chi connectivity index (χ0v) is 11.7. The summed E-state index contributed by atoms with van der Waals surface area (Å²) >= 11 is 0. The zero-order valence-electron chi connectivity index (χ0n) is 11.7. The molecule has 0 radical (unpaired) electrons. The lowest BCUT2D eigenvalue weighted by Crippen LogP contribution is -2.24. The summed E-state index contributed by atoms with van der Waals surface area (Å²) in [5.41, 5.74) is 2.61. The molecule has 0 aliphatic carbocycles. The van der Waals surface area contributed by atoms with Gasteiger partial charge in [0.1, 0.15) is 12.2 Å². The second-order valence-electron chi connectivity index (χ2n) is 4.75. The van der Waals surface area contributed by atoms with Crippen molar-refractivity contribution in [1.82, 2.24) is 20.5 Å². The van der Waals surface area contributed by atoms with Crippen LogP contribution in [-0.4, -0.2) is 21.7 Å². The Morgan fingerprint density at radius 1 is 1.16 bits per heavy atom. The van der Waals surface area contributed by atoms with Gasteiger partial charge in [-0.15, -0.1) is 0 Å². The van der Waals surface area contributed by atoms with E-state index in [2.05, 4.69) is 58.6 Å². The van der Waals surface area contributed by atoms with E-state index in [1.54, 1.807) is 6.33 Å². The van der Waals surface area contributed by atoms with E-state index in [-0.39, 0.29) is 6.04 Å². The number of aromatic amines is 1. The van der Waals surface area contributed by atoms with Gasteiger partial charge in [0.25, 0.3) is 0 Å². The van der Waals surface area contributed by atoms with Crippen molar-refractivity contribution in [3.05, 3.63) is 47.5 Å². The number of aryl methyl sites for hydroxylation is 1. The van der Waals surface area contributed by atoms with Gasteiger partial charge in [-0.05, 0) is 30.5 Å². The van der Waals surface area contributed by atoms with Crippen molar-refractivity contribution in [2.75, 3.05) is 6.54 Å². The van der Waals surface area contributed by atoms with Crippen LogP contribution in [0.15, 0.2) is 30.6 Å². The maximum Gasteiger partial charge on any atom is 0.145 e. The molecule has 0 saturated carbocycles. The summed E-state index contributed by atoms with van der Waals surface area (Å²) in [5, 5.41) is 10.4. The molecule has 0 bridgehead atoms. The minimum absolute atomic E-state index is 0.0955. The third-order valence-corrected chi connectivity index (χ3v) is 3.16. The van der Waals surface area contributed by atoms with E-state index in [1.807, 2.05) is 0 Å². The number of aromatic nitrogens is 3. The van der Waals surface area contributed by atoms with Gasteiger partial charge in [-0.2, -0.15) is 5.10 Å². The molecule has 0 aliphatic heterocycles. The number of rotatable bonds is 7. The van der Waals surface area contributed by atoms with Gasteiger partial charge in [-0.1, -0.05) is 44.5 Å². The minimum atomic E-state index is 0.0955. The quantitative estimate of drug-likeness (QED) is 0.803. The van der Waals surface area contributed by atoms with Gasteiger partial charge in [-0.3, -0.25) is 5.10 Å². The third-order valence-electron chi connectivity index (χ3n) is 3.16. The second kappa shape index (κ2) is 7.04. The van der Waals surface area contributed by atoms with Crippen LogP contribution in [0.3, 0.4) is 0 Å². The van der Waals surface area contributed by atoms with Crippen molar-refractivity contribution in [1.29, 1.82) is 0 Å². The first-order valence-electron chi connectivity index (χ1n) is 7.02. The van der Waals surface area contributed by atoms with Crippen LogP contribution in [0.4, 0.5) is 0 Å². The predicted octanol–water partition coefficient (Wildman–Crippen LogP) is 2.85. The first-order chi connectivity index (χ1) is 9.35. The van der Waals surface area contributed by atoms with Crippen LogP contribution in [-0.2, 0) is 6.42 Å². The van der Waals surface area contributed by atoms with Gasteiger partial charge in [-0.25, -0.2) is 4.98 Å². The van der Waals surface area contributed by atoms with Crippen LogP contribution in [0.2, 0.25) is 0 Å². The highest BCUT2D eigenvalue weighted by Gasteiger charge is 2.15. The molecule has 0 spiro atoms. The smallest absolute Gasteiger partial charge is 0.145 e. The molecule has 0 saturated heterocycles. The molecule has 1 aromatic carbocycles. The molecule has 2 rings (SSSR count). The van der Waals surface area contributed by atoms with Crippen molar-refractivity contribution in [3.8, 4) is 0 Å². The van der Waals surface area contributed by atoms with Gasteiger partial charge in [0, 0.05) is 0 Å². The lowest BCUT2D eigenvalue weighted by atomic mass is 10.0. The molecular formula is C15H22N4. The monoisotopic (exact) mass is 258 g/mol. The van der Waals surface area contributed by atoms with Crippen molar-refractivity contribution in [2.24, 2.45) is 0 Å². The first-order valence-corrected chi connectivity index (χ1v) is 7.02. The summed E-state index contributed by atoms with van der Waals surface area (Å²) in [7, 11) is 0. The average Bonchev–Trinajstić information content (AvgIpc) is 2.95. The first kappa shape index (κ1) is 13.7. The fraction of sp³-hybridized carbons (Fsp3) is 0.467. The SMILES string of the molecule is CCCNC(c1ccc(CCC)cc1)c1ncn[nH]1. The largest absolute Gasteiger partial charge is 0.304 e. The van der Waals surface area contributed by atoms with Crippen LogP contribution in [0, 0.1) is 0 Å². The fourth-order valence-corrected chi connectivity index (χ4v) is 2.18. The highest BCUT2D eigenvalue weighted by atomic mass is 15.2. The molecule has 1 aromatic heterocycles. The van der Waals surface area contributed by atoms with Gasteiger partial charge in [0.15, 0.2) is 0 Å². The minimum Gasteiger partial charge on any atom is -0.304 e. The molecule has 4 nitrogen and oxygen atoms in total. The number of benzene rings is 1. The lowest BCUT2D eigenvalue weighted by Gasteiger charge is -2.16. The predicted molar refractivity (Wildman–Crippen MR) is 77.0 cm³/mol. The Hall–Kier alpha value is -1.68. The second-order valence-corrected chi connectivity index (χ2v) is 4.75. The Bertz CT molecular complexity index is 461. The van der Waals surface area contributed by atoms with Gasteiger partial charge in [0.05, 0.1) is 6.04 Å². The number of H-pyrrole nitrogens is 1. The number of nitrogens with zero attached hydrogens (tertiary/aromatic N) is 2. The molecule has 4 heteroatoms. The highest BCUT2D eigenvalue weighted by molar-refractivity contribution is 5.28. The average molecular weight is 258 g/mol. The number of nitrogens with one attached hydrogen (secondary N) is 2. The van der Waals surface area contributed by atoms with E-state index in [9.17, 15) is 0 Å². The van der Waals surface area contributed by atoms with E-state index in [1.165, 1.54) is 17.5 Å². The summed E-state index contributed by atoms with van der Waals surface area (Å²) in [6, 6.07) is 8.87. The van der Waals surface area contributed by atoms with Crippen LogP contribution in [0.1, 0.15) is 49.7 Å². The molecule has 0 amide bonds. The Balaban J connectivity index is 2.17. The summed E-state index contributed by atoms with van der Waals surface area (Å²) in [6.07, 6.45) is 4.97. The Kier molecular flexibility index (Phi) is 5.10. The maximum atomic E-state index is 4.28. The van der Waals surface area contributed by atoms with Gasteiger partial charge < -0.3 is 5.32 Å². The van der Waals surface area contributed by atoms with E-state index in [4.69, 9.17) is 0 Å². The molecule has 2 aromatic rings. The van der Waals surface area contributed by atoms with Crippen LogP contribution in [0.25, 0.3) is 0 Å². The third kappa shape index (κ3) is 3.64. The van der Waals surface area contributed by atoms with E-state index in [0.29, 0.717) is 0 Å². The molecule has 0 fully saturated rings. The molecule has 0 aliphatic rings. The van der Waals surface area contributed by atoms with E-state index in [0.717, 1.165) is 25.2 Å². The van der Waals surface area contributed by atoms with Crippen LogP contribution >= 0.6 is 0 Å². The Labute approximate surface area is 114 Å². The highest BCUT2D eigenvalue weighted by Crippen LogP contribution is 2.19. The van der Waals surface area contributed by atoms with Crippen LogP contribution < -0.4 is 5.32 Å². The molecule has 1 heterocycles. The van der Waals surface area contributed by atoms with Gasteiger partial charge >= 0.3 is 0 Å². The molecule has 2 N–H and O–H groups in total. The van der Waals surface area contributed by atoms with Crippen molar-refractivity contribution >= 4 is 0 Å². The molecule has 102 valence electrons. The van der Waals surface area contributed by atoms with Crippen LogP contribution in [0.5, 0.6) is 0 Å². The zero-order chi connectivity index (χ0) is 13.5. The maximum absolute atomic E-state index is 4.28. The van der Waals surface area contributed by atoms with Crippen molar-refractivity contribution in [2.45, 2.75) is 39.2 Å². The fourth-order valence-electron chi connectivity index (χ4n) is 2.18. The summed E-state index contributed by atoms with van der Waals surface area (Å²) < 4.78 is 0. The summed E-state index contributed by atoms with van der Waals surface area (Å²) in [4.78, 5) is 4.28. The number of hydrogen-bond acceptors (Lipinski definition) is 3. The molecule has 1 unspecified atom stereocenters. The normalized spacial score (nSPS) is 12.5. The number of hydrogen-bond donors (Lipinski definition) is 2.